The molecule has 0 atom stereocenters. The molecule has 2 aliphatic carbocycles. The third-order valence-corrected chi connectivity index (χ3v) is 23.1. The molecule has 0 spiro atoms. The van der Waals surface area contributed by atoms with Crippen molar-refractivity contribution in [3.63, 3.8) is 0 Å². The molecule has 0 aromatic heterocycles. The Bertz CT molecular complexity index is 1700. The van der Waals surface area contributed by atoms with Gasteiger partial charge in [0.25, 0.3) is 0 Å². The van der Waals surface area contributed by atoms with E-state index in [1.54, 1.807) is 24.7 Å². The second-order valence-electron chi connectivity index (χ2n) is 14.7. The normalized spacial score (nSPS) is 14.9. The Hall–Kier alpha value is -2.45. The number of hydrogen-bond donors (Lipinski definition) is 0. The van der Waals surface area contributed by atoms with Crippen LogP contribution in [0.1, 0.15) is 57.3 Å². The summed E-state index contributed by atoms with van der Waals surface area (Å²) in [5.41, 5.74) is 12.0. The third kappa shape index (κ3) is 5.93. The number of allylic oxidation sites excluding steroid dienone is 4. The first-order valence-corrected chi connectivity index (χ1v) is 27.4. The average Bonchev–Trinajstić information content (AvgIpc) is 3.61. The molecular formula is C41H48Si2Zr. The fourth-order valence-electron chi connectivity index (χ4n) is 7.26. The monoisotopic (exact) mass is 686 g/mol. The van der Waals surface area contributed by atoms with Crippen LogP contribution in [0.25, 0.3) is 11.1 Å². The quantitative estimate of drug-likeness (QED) is 0.162. The SMILES string of the molecule is CCc1ccc2c(c1)[CH]([Zr]([C]1=C([Si](C)(C)C)C=C([Si](C)(C)C)C1)=[C](c1ccccc1)c1ccccc1)c1cc(CC)ccc1-2. The van der Waals surface area contributed by atoms with E-state index in [9.17, 15) is 0 Å². The number of rotatable bonds is 8. The standard InChI is InChI=1S/C17H17.C13H10.C11H21Si2.Zr/c1-3-12-5-7-16-14(9-12)11-15-10-13(4-2)6-8-17(15)16;1-3-7-12(8-4-1)11-13-9-5-2-6-10-13;1-12(2,3)10-7-8-11(9-10)13(4,5)6;/h5-11H,3-4H2,1-2H3;1-10H;9H,7H2,1-6H3;. The first-order valence-electron chi connectivity index (χ1n) is 16.6. The molecule has 44 heavy (non-hydrogen) atoms. The maximum atomic E-state index is 2.75. The molecule has 0 N–H and O–H groups in total. The van der Waals surface area contributed by atoms with E-state index < -0.39 is 37.4 Å². The summed E-state index contributed by atoms with van der Waals surface area (Å²) in [5, 5.41) is 3.55. The maximum absolute atomic E-state index is 2.81. The van der Waals surface area contributed by atoms with Crippen LogP contribution in [0, 0.1) is 0 Å². The Labute approximate surface area is 276 Å². The Morgan fingerprint density at radius 1 is 0.636 bits per heavy atom. The zero-order valence-electron chi connectivity index (χ0n) is 28.0. The van der Waals surface area contributed by atoms with Crippen molar-refractivity contribution in [2.45, 2.75) is 76.0 Å². The van der Waals surface area contributed by atoms with Gasteiger partial charge in [0.05, 0.1) is 0 Å². The van der Waals surface area contributed by atoms with Gasteiger partial charge in [0.2, 0.25) is 0 Å². The summed E-state index contributed by atoms with van der Waals surface area (Å²) in [6.45, 7) is 20.1. The van der Waals surface area contributed by atoms with E-state index in [4.69, 9.17) is 0 Å². The van der Waals surface area contributed by atoms with Crippen LogP contribution in [0.15, 0.2) is 117 Å². The van der Waals surface area contributed by atoms with Crippen LogP contribution in [-0.4, -0.2) is 19.4 Å². The average molecular weight is 688 g/mol. The van der Waals surface area contributed by atoms with Crippen molar-refractivity contribution in [3.05, 3.63) is 150 Å². The van der Waals surface area contributed by atoms with Gasteiger partial charge >= 0.3 is 278 Å². The predicted molar refractivity (Wildman–Crippen MR) is 195 cm³/mol. The summed E-state index contributed by atoms with van der Waals surface area (Å²) in [7, 11) is -3.10. The number of hydrogen-bond acceptors (Lipinski definition) is 0. The zero-order valence-corrected chi connectivity index (χ0v) is 32.5. The van der Waals surface area contributed by atoms with Crippen molar-refractivity contribution in [3.8, 4) is 11.1 Å². The number of aryl methyl sites for hydroxylation is 2. The van der Waals surface area contributed by atoms with Crippen molar-refractivity contribution < 1.29 is 21.3 Å². The fraction of sp³-hybridized carbons (Fsp3) is 0.293. The van der Waals surface area contributed by atoms with Crippen LogP contribution >= 0.6 is 0 Å². The molecule has 0 heterocycles. The van der Waals surface area contributed by atoms with Gasteiger partial charge in [0.15, 0.2) is 0 Å². The summed E-state index contributed by atoms with van der Waals surface area (Å²) in [4.78, 5) is 0. The van der Waals surface area contributed by atoms with E-state index in [0.717, 1.165) is 12.8 Å². The van der Waals surface area contributed by atoms with Gasteiger partial charge < -0.3 is 0 Å². The fourth-order valence-corrected chi connectivity index (χ4v) is 23.5. The second kappa shape index (κ2) is 12.4. The zero-order chi connectivity index (χ0) is 31.2. The topological polar surface area (TPSA) is 0 Å². The van der Waals surface area contributed by atoms with E-state index in [0.29, 0.717) is 3.63 Å². The van der Waals surface area contributed by atoms with Gasteiger partial charge in [-0.3, -0.25) is 0 Å². The summed E-state index contributed by atoms with van der Waals surface area (Å²) >= 11 is -2.81. The van der Waals surface area contributed by atoms with E-state index >= 15 is 0 Å². The Morgan fingerprint density at radius 3 is 1.52 bits per heavy atom. The Kier molecular flexibility index (Phi) is 8.88. The van der Waals surface area contributed by atoms with Crippen LogP contribution < -0.4 is 0 Å². The van der Waals surface area contributed by atoms with Gasteiger partial charge in [0, 0.05) is 0 Å². The van der Waals surface area contributed by atoms with Crippen LogP contribution in [0.3, 0.4) is 0 Å². The molecule has 0 saturated carbocycles. The van der Waals surface area contributed by atoms with E-state index in [1.165, 1.54) is 39.8 Å². The van der Waals surface area contributed by atoms with Crippen LogP contribution in [0.2, 0.25) is 39.3 Å². The molecule has 0 fully saturated rings. The van der Waals surface area contributed by atoms with Crippen molar-refractivity contribution >= 4 is 19.4 Å². The molecule has 224 valence electrons. The minimum atomic E-state index is -2.81. The summed E-state index contributed by atoms with van der Waals surface area (Å²) in [6, 6.07) is 37.9. The van der Waals surface area contributed by atoms with Crippen molar-refractivity contribution in [1.82, 2.24) is 0 Å². The Balaban J connectivity index is 1.79. The summed E-state index contributed by atoms with van der Waals surface area (Å²) < 4.78 is 4.03. The minimum absolute atomic E-state index is 0.464. The molecule has 0 bridgehead atoms. The molecule has 0 amide bonds. The predicted octanol–water partition coefficient (Wildman–Crippen LogP) is 11.1. The first kappa shape index (κ1) is 31.5. The van der Waals surface area contributed by atoms with E-state index in [2.05, 4.69) is 156 Å². The molecule has 4 aromatic rings. The second-order valence-corrected chi connectivity index (χ2v) is 31.1. The van der Waals surface area contributed by atoms with Crippen molar-refractivity contribution in [1.29, 1.82) is 0 Å². The first-order chi connectivity index (χ1) is 21.0. The Morgan fingerprint density at radius 2 is 1.11 bits per heavy atom. The van der Waals surface area contributed by atoms with Gasteiger partial charge in [-0.25, -0.2) is 0 Å². The van der Waals surface area contributed by atoms with Gasteiger partial charge in [-0.1, -0.05) is 0 Å². The van der Waals surface area contributed by atoms with Gasteiger partial charge in [-0.15, -0.1) is 0 Å². The van der Waals surface area contributed by atoms with E-state index in [1.807, 2.05) is 3.28 Å². The molecule has 2 aliphatic rings. The molecule has 4 aromatic carbocycles. The summed E-state index contributed by atoms with van der Waals surface area (Å²) in [6.07, 6.45) is 6.11. The molecule has 0 radical (unpaired) electrons. The molecule has 3 heteroatoms. The molecule has 0 aliphatic heterocycles. The van der Waals surface area contributed by atoms with Crippen LogP contribution in [0.4, 0.5) is 0 Å². The van der Waals surface area contributed by atoms with Crippen molar-refractivity contribution in [2.24, 2.45) is 0 Å². The number of benzene rings is 4. The van der Waals surface area contributed by atoms with Crippen LogP contribution in [0.5, 0.6) is 0 Å². The van der Waals surface area contributed by atoms with Crippen molar-refractivity contribution in [2.75, 3.05) is 0 Å². The third-order valence-electron chi connectivity index (χ3n) is 9.75. The summed E-state index contributed by atoms with van der Waals surface area (Å²) in [5.74, 6) is 0. The molecular weight excluding hydrogens is 640 g/mol. The molecule has 6 rings (SSSR count). The van der Waals surface area contributed by atoms with Gasteiger partial charge in [-0.2, -0.15) is 0 Å². The molecule has 0 saturated heterocycles. The van der Waals surface area contributed by atoms with E-state index in [-0.39, 0.29) is 0 Å². The molecule has 0 unspecified atom stereocenters. The van der Waals surface area contributed by atoms with Gasteiger partial charge in [-0.05, 0) is 0 Å². The molecule has 0 nitrogen and oxygen atoms in total. The number of fused-ring (bicyclic) bond motifs is 3. The van der Waals surface area contributed by atoms with Gasteiger partial charge in [0.1, 0.15) is 0 Å². The van der Waals surface area contributed by atoms with Crippen LogP contribution in [-0.2, 0) is 34.1 Å².